The van der Waals surface area contributed by atoms with Gasteiger partial charge in [-0.05, 0) is 34.7 Å². The van der Waals surface area contributed by atoms with Gasteiger partial charge in [0.15, 0.2) is 0 Å². The van der Waals surface area contributed by atoms with Crippen molar-refractivity contribution in [2.24, 2.45) is 0 Å². The summed E-state index contributed by atoms with van der Waals surface area (Å²) in [5.41, 5.74) is 0.876. The average molecular weight is 378 g/mol. The second-order valence-electron chi connectivity index (χ2n) is 3.98. The Labute approximate surface area is 124 Å². The van der Waals surface area contributed by atoms with Gasteiger partial charge >= 0.3 is 6.03 Å². The molecule has 104 valence electrons. The third-order valence-corrected chi connectivity index (χ3v) is 3.14. The van der Waals surface area contributed by atoms with Crippen molar-refractivity contribution in [3.05, 3.63) is 31.9 Å². The lowest BCUT2D eigenvalue weighted by Crippen LogP contribution is -2.37. The first-order valence-electron chi connectivity index (χ1n) is 5.55. The van der Waals surface area contributed by atoms with Gasteiger partial charge in [0.1, 0.15) is 0 Å². The van der Waals surface area contributed by atoms with Gasteiger partial charge in [0.2, 0.25) is 0 Å². The van der Waals surface area contributed by atoms with E-state index in [0.29, 0.717) is 16.7 Å². The summed E-state index contributed by atoms with van der Waals surface area (Å²) in [5.74, 6) is 0. The molecule has 8 heteroatoms. The van der Waals surface area contributed by atoms with E-state index < -0.39 is 4.92 Å². The number of nitro benzene ring substituents is 1. The van der Waals surface area contributed by atoms with Crippen LogP contribution < -0.4 is 10.6 Å². The van der Waals surface area contributed by atoms with Gasteiger partial charge in [-0.1, -0.05) is 0 Å². The zero-order valence-corrected chi connectivity index (χ0v) is 12.8. The number of hydrogen-bond donors (Lipinski definition) is 2. The van der Waals surface area contributed by atoms with Gasteiger partial charge < -0.3 is 15.5 Å². The molecule has 0 bridgehead atoms. The van der Waals surface area contributed by atoms with Crippen LogP contribution >= 0.6 is 22.6 Å². The van der Waals surface area contributed by atoms with Crippen molar-refractivity contribution in [2.75, 3.05) is 32.5 Å². The number of benzene rings is 1. The van der Waals surface area contributed by atoms with E-state index in [0.717, 1.165) is 5.69 Å². The minimum Gasteiger partial charge on any atom is -0.383 e. The van der Waals surface area contributed by atoms with Gasteiger partial charge in [-0.15, -0.1) is 0 Å². The van der Waals surface area contributed by atoms with Gasteiger partial charge in [-0.3, -0.25) is 10.1 Å². The van der Waals surface area contributed by atoms with E-state index >= 15 is 0 Å². The maximum Gasteiger partial charge on any atom is 0.316 e. The molecule has 19 heavy (non-hydrogen) atoms. The molecule has 2 N–H and O–H groups in total. The average Bonchev–Trinajstić information content (AvgIpc) is 2.33. The predicted octanol–water partition coefficient (Wildman–Crippen LogP) is 1.88. The highest BCUT2D eigenvalue weighted by molar-refractivity contribution is 14.1. The van der Waals surface area contributed by atoms with Crippen LogP contribution in [0.5, 0.6) is 0 Å². The zero-order valence-electron chi connectivity index (χ0n) is 10.6. The molecule has 1 aromatic rings. The van der Waals surface area contributed by atoms with Gasteiger partial charge in [0.05, 0.1) is 8.49 Å². The Morgan fingerprint density at radius 3 is 2.63 bits per heavy atom. The lowest BCUT2D eigenvalue weighted by Gasteiger charge is -2.12. The molecule has 0 spiro atoms. The minimum atomic E-state index is -0.414. The normalized spacial score (nSPS) is 9.84. The number of urea groups is 1. The topological polar surface area (TPSA) is 87.5 Å². The molecule has 1 rings (SSSR count). The van der Waals surface area contributed by atoms with Crippen LogP contribution in [0.15, 0.2) is 18.2 Å². The Hall–Kier alpha value is -1.58. The molecule has 0 fully saturated rings. The van der Waals surface area contributed by atoms with Crippen LogP contribution in [0.4, 0.5) is 16.2 Å². The molecule has 0 unspecified atom stereocenters. The van der Waals surface area contributed by atoms with Crippen LogP contribution in [-0.4, -0.2) is 43.0 Å². The molecular formula is C11H15IN4O3. The molecule has 0 saturated heterocycles. The van der Waals surface area contributed by atoms with Gasteiger partial charge in [-0.2, -0.15) is 0 Å². The van der Waals surface area contributed by atoms with Crippen LogP contribution in [-0.2, 0) is 0 Å². The van der Waals surface area contributed by atoms with Crippen molar-refractivity contribution in [3.63, 3.8) is 0 Å². The Kier molecular flexibility index (Phi) is 5.80. The second-order valence-corrected chi connectivity index (χ2v) is 5.14. The smallest absolute Gasteiger partial charge is 0.316 e. The number of nitrogens with one attached hydrogen (secondary N) is 2. The summed E-state index contributed by atoms with van der Waals surface area (Å²) in [7, 11) is 3.34. The minimum absolute atomic E-state index is 0.0899. The van der Waals surface area contributed by atoms with E-state index in [-0.39, 0.29) is 11.7 Å². The Bertz CT molecular complexity index is 479. The fourth-order valence-electron chi connectivity index (χ4n) is 1.30. The maximum atomic E-state index is 11.2. The fraction of sp³-hybridized carbons (Fsp3) is 0.364. The van der Waals surface area contributed by atoms with E-state index in [1.165, 1.54) is 11.0 Å². The van der Waals surface area contributed by atoms with E-state index in [4.69, 9.17) is 0 Å². The molecular weight excluding hydrogens is 363 g/mol. The van der Waals surface area contributed by atoms with Crippen molar-refractivity contribution in [1.82, 2.24) is 10.2 Å². The number of halogens is 1. The highest BCUT2D eigenvalue weighted by Gasteiger charge is 2.11. The summed E-state index contributed by atoms with van der Waals surface area (Å²) < 4.78 is 0.574. The Morgan fingerprint density at radius 1 is 1.42 bits per heavy atom. The molecule has 0 aliphatic carbocycles. The van der Waals surface area contributed by atoms with Crippen LogP contribution in [0.3, 0.4) is 0 Å². The number of amides is 2. The summed E-state index contributed by atoms with van der Waals surface area (Å²) in [6.45, 7) is 1.03. The summed E-state index contributed by atoms with van der Waals surface area (Å²) in [6.07, 6.45) is 0. The molecule has 0 atom stereocenters. The number of carbonyl (C=O) groups is 1. The highest BCUT2D eigenvalue weighted by Crippen LogP contribution is 2.23. The number of anilines is 1. The standard InChI is InChI=1S/C11H15IN4O3/c1-15(2)11(17)14-6-5-13-8-3-4-10(16(18)19)9(12)7-8/h3-4,7,13H,5-6H2,1-2H3,(H,14,17). The Balaban J connectivity index is 2.44. The van der Waals surface area contributed by atoms with E-state index in [2.05, 4.69) is 10.6 Å². The summed E-state index contributed by atoms with van der Waals surface area (Å²) in [4.78, 5) is 22.9. The van der Waals surface area contributed by atoms with Crippen LogP contribution in [0.2, 0.25) is 0 Å². The van der Waals surface area contributed by atoms with E-state index in [1.54, 1.807) is 26.2 Å². The molecule has 7 nitrogen and oxygen atoms in total. The molecule has 0 saturated carbocycles. The van der Waals surface area contributed by atoms with Crippen molar-refractivity contribution < 1.29 is 9.72 Å². The number of nitrogens with zero attached hydrogens (tertiary/aromatic N) is 2. The zero-order chi connectivity index (χ0) is 14.4. The van der Waals surface area contributed by atoms with Crippen LogP contribution in [0.25, 0.3) is 0 Å². The van der Waals surface area contributed by atoms with Gasteiger partial charge in [0.25, 0.3) is 5.69 Å². The van der Waals surface area contributed by atoms with Gasteiger partial charge in [0, 0.05) is 38.9 Å². The first-order chi connectivity index (χ1) is 8.91. The molecule has 0 aliphatic heterocycles. The lowest BCUT2D eigenvalue weighted by atomic mass is 10.3. The van der Waals surface area contributed by atoms with E-state index in [1.807, 2.05) is 22.6 Å². The largest absolute Gasteiger partial charge is 0.383 e. The maximum absolute atomic E-state index is 11.2. The summed E-state index contributed by atoms with van der Waals surface area (Å²) in [6, 6.07) is 4.66. The third kappa shape index (κ3) is 4.89. The quantitative estimate of drug-likeness (QED) is 0.355. The molecule has 0 aromatic heterocycles. The van der Waals surface area contributed by atoms with Crippen LogP contribution in [0.1, 0.15) is 0 Å². The number of rotatable bonds is 5. The Morgan fingerprint density at radius 2 is 2.11 bits per heavy atom. The van der Waals surface area contributed by atoms with Gasteiger partial charge in [-0.25, -0.2) is 4.79 Å². The number of nitro groups is 1. The molecule has 0 heterocycles. The summed E-state index contributed by atoms with van der Waals surface area (Å²) in [5, 5.41) is 16.5. The molecule has 2 amide bonds. The molecule has 1 aromatic carbocycles. The first kappa shape index (κ1) is 15.5. The van der Waals surface area contributed by atoms with Crippen molar-refractivity contribution in [2.45, 2.75) is 0 Å². The molecule has 0 aliphatic rings. The summed E-state index contributed by atoms with van der Waals surface area (Å²) >= 11 is 1.92. The second kappa shape index (κ2) is 7.12. The fourth-order valence-corrected chi connectivity index (χ4v) is 2.01. The predicted molar refractivity (Wildman–Crippen MR) is 81.4 cm³/mol. The lowest BCUT2D eigenvalue weighted by molar-refractivity contribution is -0.385. The molecule has 0 radical (unpaired) electrons. The number of carbonyl (C=O) groups excluding carboxylic acids is 1. The van der Waals surface area contributed by atoms with Crippen molar-refractivity contribution >= 4 is 40.0 Å². The van der Waals surface area contributed by atoms with Crippen LogP contribution in [0, 0.1) is 13.7 Å². The SMILES string of the molecule is CN(C)C(=O)NCCNc1ccc([N+](=O)[O-])c(I)c1. The van der Waals surface area contributed by atoms with E-state index in [9.17, 15) is 14.9 Å². The number of hydrogen-bond acceptors (Lipinski definition) is 4. The highest BCUT2D eigenvalue weighted by atomic mass is 127. The van der Waals surface area contributed by atoms with Crippen molar-refractivity contribution in [3.8, 4) is 0 Å². The monoisotopic (exact) mass is 378 g/mol. The van der Waals surface area contributed by atoms with Crippen molar-refractivity contribution in [1.29, 1.82) is 0 Å². The first-order valence-corrected chi connectivity index (χ1v) is 6.62. The third-order valence-electron chi connectivity index (χ3n) is 2.28.